The van der Waals surface area contributed by atoms with Gasteiger partial charge in [0.1, 0.15) is 0 Å². The fourth-order valence-electron chi connectivity index (χ4n) is 0.714. The lowest BCUT2D eigenvalue weighted by molar-refractivity contribution is 1.05. The van der Waals surface area contributed by atoms with E-state index in [4.69, 9.17) is 23.2 Å². The summed E-state index contributed by atoms with van der Waals surface area (Å²) in [6, 6.07) is 1.61. The molecule has 0 bridgehead atoms. The maximum Gasteiger partial charge on any atom is 0.0967 e. The van der Waals surface area contributed by atoms with Crippen molar-refractivity contribution < 1.29 is 0 Å². The smallest absolute Gasteiger partial charge is 0.0967 e. The zero-order valence-corrected chi connectivity index (χ0v) is 6.06. The summed E-state index contributed by atoms with van der Waals surface area (Å²) in [6.45, 7) is 0. The SMILES string of the molecule is N#CC1=CC=CC(=S)C1N. The molecule has 1 aliphatic rings. The summed E-state index contributed by atoms with van der Waals surface area (Å²) < 4.78 is 0. The Morgan fingerprint density at radius 2 is 2.40 bits per heavy atom. The average molecular weight is 150 g/mol. The van der Waals surface area contributed by atoms with Crippen molar-refractivity contribution in [1.82, 2.24) is 0 Å². The minimum atomic E-state index is -0.370. The van der Waals surface area contributed by atoms with Crippen LogP contribution in [0.3, 0.4) is 0 Å². The number of nitrogens with two attached hydrogens (primary N) is 1. The molecule has 0 saturated heterocycles. The molecule has 3 heteroatoms. The van der Waals surface area contributed by atoms with Crippen molar-refractivity contribution in [2.75, 3.05) is 0 Å². The van der Waals surface area contributed by atoms with Gasteiger partial charge in [0, 0.05) is 4.86 Å². The zero-order chi connectivity index (χ0) is 7.56. The van der Waals surface area contributed by atoms with Crippen LogP contribution in [0, 0.1) is 11.3 Å². The highest BCUT2D eigenvalue weighted by molar-refractivity contribution is 7.80. The lowest BCUT2D eigenvalue weighted by atomic mass is 10.0. The van der Waals surface area contributed by atoms with Crippen LogP contribution in [0.1, 0.15) is 0 Å². The Morgan fingerprint density at radius 1 is 1.70 bits per heavy atom. The molecule has 2 nitrogen and oxygen atoms in total. The van der Waals surface area contributed by atoms with Crippen LogP contribution in [0.15, 0.2) is 23.8 Å². The Balaban J connectivity index is 2.95. The van der Waals surface area contributed by atoms with Crippen LogP contribution in [-0.2, 0) is 0 Å². The van der Waals surface area contributed by atoms with E-state index in [9.17, 15) is 0 Å². The fraction of sp³-hybridized carbons (Fsp3) is 0.143. The van der Waals surface area contributed by atoms with Crippen molar-refractivity contribution in [1.29, 1.82) is 5.26 Å². The highest BCUT2D eigenvalue weighted by Gasteiger charge is 2.13. The van der Waals surface area contributed by atoms with Gasteiger partial charge in [-0.25, -0.2) is 0 Å². The largest absolute Gasteiger partial charge is 0.319 e. The summed E-state index contributed by atoms with van der Waals surface area (Å²) in [5.41, 5.74) is 6.08. The molecule has 1 atom stereocenters. The lowest BCUT2D eigenvalue weighted by Crippen LogP contribution is -2.30. The van der Waals surface area contributed by atoms with E-state index in [2.05, 4.69) is 0 Å². The lowest BCUT2D eigenvalue weighted by Gasteiger charge is -2.10. The minimum Gasteiger partial charge on any atom is -0.319 e. The molecule has 50 valence electrons. The standard InChI is InChI=1S/C7H6N2S/c8-4-5-2-1-3-6(10)7(5)9/h1-3,7H,9H2. The molecule has 0 fully saturated rings. The van der Waals surface area contributed by atoms with Crippen molar-refractivity contribution >= 4 is 17.1 Å². The number of nitrogens with zero attached hydrogens (tertiary/aromatic N) is 1. The number of hydrogen-bond donors (Lipinski definition) is 1. The van der Waals surface area contributed by atoms with Gasteiger partial charge in [0.25, 0.3) is 0 Å². The van der Waals surface area contributed by atoms with E-state index >= 15 is 0 Å². The normalized spacial score (nSPS) is 23.8. The second kappa shape index (κ2) is 2.74. The van der Waals surface area contributed by atoms with Gasteiger partial charge in [-0.3, -0.25) is 0 Å². The van der Waals surface area contributed by atoms with Crippen molar-refractivity contribution in [2.45, 2.75) is 6.04 Å². The molecule has 0 aromatic rings. The van der Waals surface area contributed by atoms with Gasteiger partial charge >= 0.3 is 0 Å². The Kier molecular flexibility index (Phi) is 1.95. The van der Waals surface area contributed by atoms with Crippen molar-refractivity contribution in [3.63, 3.8) is 0 Å². The summed E-state index contributed by atoms with van der Waals surface area (Å²) in [7, 11) is 0. The zero-order valence-electron chi connectivity index (χ0n) is 5.24. The number of nitriles is 1. The fourth-order valence-corrected chi connectivity index (χ4v) is 0.920. The molecule has 10 heavy (non-hydrogen) atoms. The van der Waals surface area contributed by atoms with E-state index in [1.165, 1.54) is 0 Å². The molecule has 0 heterocycles. The first-order valence-electron chi connectivity index (χ1n) is 2.83. The molecule has 1 unspecified atom stereocenters. The summed E-state index contributed by atoms with van der Waals surface area (Å²) in [5, 5.41) is 8.49. The highest BCUT2D eigenvalue weighted by atomic mass is 32.1. The van der Waals surface area contributed by atoms with Gasteiger partial charge in [-0.15, -0.1) is 0 Å². The monoisotopic (exact) mass is 150 g/mol. The van der Waals surface area contributed by atoms with E-state index in [1.807, 2.05) is 6.07 Å². The van der Waals surface area contributed by atoms with Crippen molar-refractivity contribution in [3.8, 4) is 6.07 Å². The molecule has 0 aromatic carbocycles. The van der Waals surface area contributed by atoms with Crippen LogP contribution in [0.4, 0.5) is 0 Å². The highest BCUT2D eigenvalue weighted by Crippen LogP contribution is 2.07. The molecule has 2 N–H and O–H groups in total. The van der Waals surface area contributed by atoms with Gasteiger partial charge in [0.05, 0.1) is 17.7 Å². The van der Waals surface area contributed by atoms with Crippen LogP contribution in [0.25, 0.3) is 0 Å². The molecule has 0 saturated carbocycles. The predicted molar refractivity (Wildman–Crippen MR) is 43.4 cm³/mol. The average Bonchev–Trinajstić information content (AvgIpc) is 1.95. The van der Waals surface area contributed by atoms with Gasteiger partial charge in [-0.1, -0.05) is 18.3 Å². The van der Waals surface area contributed by atoms with Crippen LogP contribution in [0.5, 0.6) is 0 Å². The molecular formula is C7H6N2S. The second-order valence-electron chi connectivity index (χ2n) is 1.97. The Morgan fingerprint density at radius 3 is 2.90 bits per heavy atom. The Hall–Kier alpha value is -0.980. The first kappa shape index (κ1) is 7.13. The van der Waals surface area contributed by atoms with Crippen LogP contribution in [0.2, 0.25) is 0 Å². The summed E-state index contributed by atoms with van der Waals surface area (Å²) in [5.74, 6) is 0. The Bertz CT molecular complexity index is 257. The molecule has 0 aromatic heterocycles. The maximum atomic E-state index is 8.49. The molecule has 0 spiro atoms. The van der Waals surface area contributed by atoms with E-state index in [-0.39, 0.29) is 6.04 Å². The predicted octanol–water partition coefficient (Wildman–Crippen LogP) is 0.703. The molecular weight excluding hydrogens is 144 g/mol. The Labute approximate surface area is 64.6 Å². The first-order chi connectivity index (χ1) is 4.75. The molecule has 1 rings (SSSR count). The van der Waals surface area contributed by atoms with Crippen LogP contribution < -0.4 is 5.73 Å². The van der Waals surface area contributed by atoms with Gasteiger partial charge in [-0.05, 0) is 12.2 Å². The van der Waals surface area contributed by atoms with E-state index in [1.54, 1.807) is 18.2 Å². The van der Waals surface area contributed by atoms with Crippen LogP contribution in [-0.4, -0.2) is 10.9 Å². The summed E-state index contributed by atoms with van der Waals surface area (Å²) in [4.78, 5) is 0.624. The first-order valence-corrected chi connectivity index (χ1v) is 3.24. The van der Waals surface area contributed by atoms with E-state index < -0.39 is 0 Å². The second-order valence-corrected chi connectivity index (χ2v) is 2.44. The topological polar surface area (TPSA) is 49.8 Å². The minimum absolute atomic E-state index is 0.370. The van der Waals surface area contributed by atoms with Gasteiger partial charge in [0.2, 0.25) is 0 Å². The maximum absolute atomic E-state index is 8.49. The summed E-state index contributed by atoms with van der Waals surface area (Å²) >= 11 is 4.87. The third-order valence-corrected chi connectivity index (χ3v) is 1.70. The van der Waals surface area contributed by atoms with Crippen molar-refractivity contribution in [3.05, 3.63) is 23.8 Å². The summed E-state index contributed by atoms with van der Waals surface area (Å²) in [6.07, 6.45) is 5.16. The number of thiocarbonyl (C=S) groups is 1. The molecule has 0 aliphatic heterocycles. The third kappa shape index (κ3) is 1.13. The van der Waals surface area contributed by atoms with E-state index in [0.717, 1.165) is 0 Å². The number of hydrogen-bond acceptors (Lipinski definition) is 3. The third-order valence-electron chi connectivity index (χ3n) is 1.31. The quantitative estimate of drug-likeness (QED) is 0.517. The molecule has 0 radical (unpaired) electrons. The number of allylic oxidation sites excluding steroid dienone is 2. The molecule has 1 aliphatic carbocycles. The van der Waals surface area contributed by atoms with Gasteiger partial charge in [0.15, 0.2) is 0 Å². The van der Waals surface area contributed by atoms with Gasteiger partial charge < -0.3 is 5.73 Å². The molecule has 0 amide bonds. The van der Waals surface area contributed by atoms with Crippen LogP contribution >= 0.6 is 12.2 Å². The number of rotatable bonds is 0. The van der Waals surface area contributed by atoms with Gasteiger partial charge in [-0.2, -0.15) is 5.26 Å². The van der Waals surface area contributed by atoms with Crippen molar-refractivity contribution in [2.24, 2.45) is 5.73 Å². The van der Waals surface area contributed by atoms with E-state index in [0.29, 0.717) is 10.4 Å².